The summed E-state index contributed by atoms with van der Waals surface area (Å²) in [7, 11) is 0. The van der Waals surface area contributed by atoms with Gasteiger partial charge in [0.1, 0.15) is 11.6 Å². The molecule has 1 aromatic heterocycles. The molecule has 2 fully saturated rings. The molecule has 1 aliphatic heterocycles. The highest BCUT2D eigenvalue weighted by Gasteiger charge is 2.46. The van der Waals surface area contributed by atoms with E-state index >= 15 is 0 Å². The molecule has 0 N–H and O–H groups in total. The summed E-state index contributed by atoms with van der Waals surface area (Å²) in [5.41, 5.74) is 2.88. The van der Waals surface area contributed by atoms with Crippen LogP contribution in [0.3, 0.4) is 0 Å². The summed E-state index contributed by atoms with van der Waals surface area (Å²) >= 11 is 0. The predicted molar refractivity (Wildman–Crippen MR) is 122 cm³/mol. The van der Waals surface area contributed by atoms with Gasteiger partial charge in [0.05, 0.1) is 18.4 Å². The van der Waals surface area contributed by atoms with Crippen molar-refractivity contribution in [3.05, 3.63) is 83.7 Å². The molecule has 32 heavy (non-hydrogen) atoms. The summed E-state index contributed by atoms with van der Waals surface area (Å²) in [5.74, 6) is -0.0984. The first kappa shape index (κ1) is 20.9. The minimum atomic E-state index is -0.345. The maximum absolute atomic E-state index is 13.2. The van der Waals surface area contributed by atoms with Gasteiger partial charge in [-0.3, -0.25) is 9.69 Å². The van der Waals surface area contributed by atoms with Gasteiger partial charge in [-0.15, -0.1) is 5.10 Å². The van der Waals surface area contributed by atoms with Crippen molar-refractivity contribution >= 4 is 5.97 Å². The monoisotopic (exact) mass is 430 g/mol. The quantitative estimate of drug-likeness (QED) is 0.553. The number of hydrogen-bond donors (Lipinski definition) is 0. The minimum absolute atomic E-state index is 0.0984. The Balaban J connectivity index is 1.35. The van der Waals surface area contributed by atoms with Gasteiger partial charge >= 0.3 is 5.97 Å². The lowest BCUT2D eigenvalue weighted by Crippen LogP contribution is -2.60. The fraction of sp³-hybridized carbons (Fsp3) is 0.423. The third-order valence-electron chi connectivity index (χ3n) is 6.70. The average Bonchev–Trinajstić information content (AvgIpc) is 3.25. The van der Waals surface area contributed by atoms with Gasteiger partial charge in [-0.05, 0) is 43.2 Å². The molecular weight excluding hydrogens is 400 g/mol. The van der Waals surface area contributed by atoms with Crippen LogP contribution in [0.2, 0.25) is 0 Å². The van der Waals surface area contributed by atoms with Crippen molar-refractivity contribution in [3.63, 3.8) is 0 Å². The second-order valence-electron chi connectivity index (χ2n) is 9.17. The van der Waals surface area contributed by atoms with Gasteiger partial charge in [-0.1, -0.05) is 72.3 Å². The molecule has 0 radical (unpaired) electrons. The second kappa shape index (κ2) is 9.25. The Labute approximate surface area is 189 Å². The number of ether oxygens (including phenoxy) is 1. The molecule has 2 heterocycles. The summed E-state index contributed by atoms with van der Waals surface area (Å²) < 4.78 is 8.00. The minimum Gasteiger partial charge on any atom is -0.457 e. The van der Waals surface area contributed by atoms with Crippen LogP contribution in [-0.2, 0) is 29.0 Å². The molecule has 1 saturated carbocycles. The molecular formula is C26H30N4O2. The molecule has 1 aliphatic carbocycles. The number of esters is 1. The maximum atomic E-state index is 13.2. The summed E-state index contributed by atoms with van der Waals surface area (Å²) in [6, 6.07) is 20.1. The first-order valence-electron chi connectivity index (χ1n) is 11.6. The van der Waals surface area contributed by atoms with Gasteiger partial charge < -0.3 is 4.74 Å². The third kappa shape index (κ3) is 4.75. The van der Waals surface area contributed by atoms with Crippen LogP contribution in [0.15, 0.2) is 66.9 Å². The maximum Gasteiger partial charge on any atom is 0.324 e. The van der Waals surface area contributed by atoms with Crippen molar-refractivity contribution in [2.45, 2.75) is 63.3 Å². The van der Waals surface area contributed by atoms with E-state index in [4.69, 9.17) is 4.74 Å². The fourth-order valence-electron chi connectivity index (χ4n) is 5.08. The van der Waals surface area contributed by atoms with Gasteiger partial charge in [0.15, 0.2) is 0 Å². The van der Waals surface area contributed by atoms with Crippen LogP contribution in [-0.4, -0.2) is 44.1 Å². The molecule has 3 aromatic rings. The number of aromatic nitrogens is 3. The van der Waals surface area contributed by atoms with E-state index in [0.29, 0.717) is 19.5 Å². The number of morpholine rings is 1. The summed E-state index contributed by atoms with van der Waals surface area (Å²) in [4.78, 5) is 15.5. The molecule has 5 rings (SSSR count). The van der Waals surface area contributed by atoms with E-state index in [2.05, 4.69) is 39.5 Å². The van der Waals surface area contributed by atoms with E-state index in [1.807, 2.05) is 47.3 Å². The Kier molecular flexibility index (Phi) is 6.04. The smallest absolute Gasteiger partial charge is 0.324 e. The van der Waals surface area contributed by atoms with Gasteiger partial charge in [0.2, 0.25) is 0 Å². The zero-order chi connectivity index (χ0) is 21.8. The van der Waals surface area contributed by atoms with Crippen molar-refractivity contribution in [1.29, 1.82) is 0 Å². The van der Waals surface area contributed by atoms with Crippen LogP contribution < -0.4 is 0 Å². The van der Waals surface area contributed by atoms with Crippen LogP contribution in [0, 0.1) is 0 Å². The van der Waals surface area contributed by atoms with Crippen LogP contribution in [0.4, 0.5) is 0 Å². The summed E-state index contributed by atoms with van der Waals surface area (Å²) in [6.45, 7) is 2.05. The van der Waals surface area contributed by atoms with E-state index in [9.17, 15) is 4.79 Å². The second-order valence-corrected chi connectivity index (χ2v) is 9.17. The van der Waals surface area contributed by atoms with E-state index in [1.165, 1.54) is 12.0 Å². The van der Waals surface area contributed by atoms with Gasteiger partial charge in [-0.2, -0.15) is 0 Å². The number of carbonyl (C=O) groups is 1. The zero-order valence-corrected chi connectivity index (χ0v) is 18.4. The van der Waals surface area contributed by atoms with Gasteiger partial charge in [0, 0.05) is 13.1 Å². The summed E-state index contributed by atoms with van der Waals surface area (Å²) in [5, 5.41) is 8.76. The molecule has 1 saturated heterocycles. The molecule has 0 bridgehead atoms. The van der Waals surface area contributed by atoms with Crippen LogP contribution in [0.5, 0.6) is 0 Å². The number of nitrogens with zero attached hydrogens (tertiary/aromatic N) is 4. The van der Waals surface area contributed by atoms with E-state index < -0.39 is 0 Å². The molecule has 6 heteroatoms. The SMILES string of the molecule is O=C1OC2(CCCCC2)CN(Cc2cn(Cc3ccccc3)nn2)[C@H]1Cc1ccccc1. The Morgan fingerprint density at radius 2 is 1.59 bits per heavy atom. The number of carbonyl (C=O) groups excluding carboxylic acids is 1. The predicted octanol–water partition coefficient (Wildman–Crippen LogP) is 4.00. The molecule has 1 atom stereocenters. The number of rotatable bonds is 6. The lowest BCUT2D eigenvalue weighted by atomic mass is 9.82. The van der Waals surface area contributed by atoms with Crippen LogP contribution in [0.25, 0.3) is 0 Å². The Morgan fingerprint density at radius 1 is 0.906 bits per heavy atom. The lowest BCUT2D eigenvalue weighted by molar-refractivity contribution is -0.188. The molecule has 0 unspecified atom stereocenters. The van der Waals surface area contributed by atoms with Crippen molar-refractivity contribution < 1.29 is 9.53 Å². The van der Waals surface area contributed by atoms with E-state index in [-0.39, 0.29) is 17.6 Å². The number of hydrogen-bond acceptors (Lipinski definition) is 5. The highest BCUT2D eigenvalue weighted by molar-refractivity contribution is 5.77. The molecule has 6 nitrogen and oxygen atoms in total. The molecule has 0 amide bonds. The van der Waals surface area contributed by atoms with E-state index in [1.54, 1.807) is 0 Å². The highest BCUT2D eigenvalue weighted by atomic mass is 16.6. The highest BCUT2D eigenvalue weighted by Crippen LogP contribution is 2.37. The van der Waals surface area contributed by atoms with Crippen LogP contribution >= 0.6 is 0 Å². The van der Waals surface area contributed by atoms with Crippen molar-refractivity contribution in [2.24, 2.45) is 0 Å². The normalized spacial score (nSPS) is 20.9. The first-order valence-corrected chi connectivity index (χ1v) is 11.6. The Bertz CT molecular complexity index is 1030. The van der Waals surface area contributed by atoms with E-state index in [0.717, 1.165) is 43.5 Å². The first-order chi connectivity index (χ1) is 15.7. The fourth-order valence-corrected chi connectivity index (χ4v) is 5.08. The van der Waals surface area contributed by atoms with Crippen molar-refractivity contribution in [2.75, 3.05) is 6.54 Å². The molecule has 2 aromatic carbocycles. The zero-order valence-electron chi connectivity index (χ0n) is 18.4. The molecule has 1 spiro atoms. The van der Waals surface area contributed by atoms with Crippen molar-refractivity contribution in [3.8, 4) is 0 Å². The Hall–Kier alpha value is -2.99. The average molecular weight is 431 g/mol. The van der Waals surface area contributed by atoms with Crippen molar-refractivity contribution in [1.82, 2.24) is 19.9 Å². The van der Waals surface area contributed by atoms with Gasteiger partial charge in [0.25, 0.3) is 0 Å². The topological polar surface area (TPSA) is 60.2 Å². The molecule has 166 valence electrons. The number of benzene rings is 2. The van der Waals surface area contributed by atoms with Gasteiger partial charge in [-0.25, -0.2) is 4.68 Å². The standard InChI is InChI=1S/C26H30N4O2/c31-25-24(16-21-10-4-1-5-11-21)29(20-26(32-25)14-8-3-9-15-26)18-23-19-30(28-27-23)17-22-12-6-2-7-13-22/h1-2,4-7,10-13,19,24H,3,8-9,14-18,20H2/t24-/m0/s1. The largest absolute Gasteiger partial charge is 0.457 e. The summed E-state index contributed by atoms with van der Waals surface area (Å²) in [6.07, 6.45) is 8.02. The lowest BCUT2D eigenvalue weighted by Gasteiger charge is -2.47. The third-order valence-corrected chi connectivity index (χ3v) is 6.70. The van der Waals surface area contributed by atoms with Crippen LogP contribution in [0.1, 0.15) is 48.9 Å². The molecule has 2 aliphatic rings. The Morgan fingerprint density at radius 3 is 2.31 bits per heavy atom.